The topological polar surface area (TPSA) is 125 Å². The molecule has 0 amide bonds. The van der Waals surface area contributed by atoms with Crippen LogP contribution < -0.4 is 11.1 Å². The zero-order valence-electron chi connectivity index (χ0n) is 10.5. The van der Waals surface area contributed by atoms with Crippen LogP contribution in [-0.2, 0) is 9.47 Å². The van der Waals surface area contributed by atoms with Gasteiger partial charge in [-0.25, -0.2) is 4.98 Å². The second kappa shape index (κ2) is 5.33. The smallest absolute Gasteiger partial charge is 0.329 e. The third-order valence-electron chi connectivity index (χ3n) is 2.75. The van der Waals surface area contributed by atoms with Crippen molar-refractivity contribution in [3.8, 4) is 0 Å². The van der Waals surface area contributed by atoms with E-state index in [2.05, 4.69) is 15.3 Å². The zero-order chi connectivity index (χ0) is 13.9. The van der Waals surface area contributed by atoms with E-state index in [0.29, 0.717) is 26.2 Å². The van der Waals surface area contributed by atoms with Crippen LogP contribution in [0, 0.1) is 10.1 Å². The first-order valence-corrected chi connectivity index (χ1v) is 5.79. The summed E-state index contributed by atoms with van der Waals surface area (Å²) in [6.07, 6.45) is 1.68. The Morgan fingerprint density at radius 2 is 2.26 bits per heavy atom. The summed E-state index contributed by atoms with van der Waals surface area (Å²) in [6, 6.07) is 0. The molecule has 1 fully saturated rings. The average molecular weight is 269 g/mol. The third-order valence-corrected chi connectivity index (χ3v) is 2.75. The number of anilines is 2. The summed E-state index contributed by atoms with van der Waals surface area (Å²) in [6.45, 7) is 3.52. The first-order chi connectivity index (χ1) is 9.00. The predicted molar refractivity (Wildman–Crippen MR) is 66.5 cm³/mol. The zero-order valence-corrected chi connectivity index (χ0v) is 10.5. The Bertz CT molecular complexity index is 475. The first-order valence-electron chi connectivity index (χ1n) is 5.79. The molecule has 9 heteroatoms. The second-order valence-corrected chi connectivity index (χ2v) is 4.23. The molecule has 1 aromatic rings. The van der Waals surface area contributed by atoms with Crippen molar-refractivity contribution in [3.05, 3.63) is 16.3 Å². The van der Waals surface area contributed by atoms with Crippen molar-refractivity contribution in [1.82, 2.24) is 9.97 Å². The summed E-state index contributed by atoms with van der Waals surface area (Å²) in [5, 5.41) is 13.5. The number of nitrogens with zero attached hydrogens (tertiary/aromatic N) is 3. The molecule has 1 aliphatic heterocycles. The fraction of sp³-hybridized carbons (Fsp3) is 0.600. The quantitative estimate of drug-likeness (QED) is 0.585. The molecule has 1 aliphatic rings. The van der Waals surface area contributed by atoms with Gasteiger partial charge in [0.15, 0.2) is 5.79 Å². The lowest BCUT2D eigenvalue weighted by molar-refractivity contribution is -0.384. The molecule has 3 N–H and O–H groups in total. The van der Waals surface area contributed by atoms with Gasteiger partial charge in [-0.15, -0.1) is 0 Å². The van der Waals surface area contributed by atoms with Crippen molar-refractivity contribution in [1.29, 1.82) is 0 Å². The minimum absolute atomic E-state index is 0.165. The normalized spacial score (nSPS) is 17.3. The van der Waals surface area contributed by atoms with Gasteiger partial charge in [-0.1, -0.05) is 0 Å². The molecule has 1 aromatic heterocycles. The van der Waals surface area contributed by atoms with Crippen LogP contribution >= 0.6 is 0 Å². The van der Waals surface area contributed by atoms with E-state index in [9.17, 15) is 10.1 Å². The highest BCUT2D eigenvalue weighted by Gasteiger charge is 2.30. The Balaban J connectivity index is 1.89. The van der Waals surface area contributed by atoms with E-state index < -0.39 is 10.7 Å². The van der Waals surface area contributed by atoms with E-state index in [1.54, 1.807) is 0 Å². The Hall–Kier alpha value is -2.00. The van der Waals surface area contributed by atoms with Gasteiger partial charge in [0.05, 0.1) is 18.1 Å². The number of nitrogens with two attached hydrogens (primary N) is 1. The Kier molecular flexibility index (Phi) is 3.76. The van der Waals surface area contributed by atoms with Gasteiger partial charge in [0, 0.05) is 13.0 Å². The SMILES string of the molecule is CC1(CCNc2ncc([N+](=O)[O-])c(N)n2)OCCO1. The van der Waals surface area contributed by atoms with Gasteiger partial charge in [-0.05, 0) is 6.92 Å². The number of nitro groups is 1. The van der Waals surface area contributed by atoms with E-state index in [4.69, 9.17) is 15.2 Å². The van der Waals surface area contributed by atoms with Crippen molar-refractivity contribution in [2.75, 3.05) is 30.8 Å². The van der Waals surface area contributed by atoms with E-state index >= 15 is 0 Å². The van der Waals surface area contributed by atoms with Crippen LogP contribution in [0.3, 0.4) is 0 Å². The summed E-state index contributed by atoms with van der Waals surface area (Å²) in [5.41, 5.74) is 5.15. The van der Waals surface area contributed by atoms with Gasteiger partial charge in [0.25, 0.3) is 0 Å². The van der Waals surface area contributed by atoms with Crippen LogP contribution in [0.1, 0.15) is 13.3 Å². The first kappa shape index (κ1) is 13.4. The van der Waals surface area contributed by atoms with Gasteiger partial charge >= 0.3 is 5.69 Å². The molecular formula is C10H15N5O4. The van der Waals surface area contributed by atoms with Crippen molar-refractivity contribution in [2.45, 2.75) is 19.1 Å². The lowest BCUT2D eigenvalue weighted by atomic mass is 10.2. The minimum Gasteiger partial charge on any atom is -0.378 e. The average Bonchev–Trinajstić information content (AvgIpc) is 2.76. The largest absolute Gasteiger partial charge is 0.378 e. The maximum atomic E-state index is 10.6. The molecule has 0 radical (unpaired) electrons. The molecule has 0 aliphatic carbocycles. The van der Waals surface area contributed by atoms with Crippen molar-refractivity contribution >= 4 is 17.5 Å². The molecule has 104 valence electrons. The molecule has 0 atom stereocenters. The number of aromatic nitrogens is 2. The van der Waals surface area contributed by atoms with Crippen LogP contribution in [-0.4, -0.2) is 40.4 Å². The molecule has 2 heterocycles. The van der Waals surface area contributed by atoms with Gasteiger partial charge in [-0.2, -0.15) is 4.98 Å². The summed E-state index contributed by atoms with van der Waals surface area (Å²) in [7, 11) is 0. The minimum atomic E-state index is -0.625. The number of hydrogen-bond donors (Lipinski definition) is 2. The Morgan fingerprint density at radius 3 is 2.84 bits per heavy atom. The highest BCUT2D eigenvalue weighted by atomic mass is 16.7. The predicted octanol–water partition coefficient (Wildman–Crippen LogP) is 0.532. The molecule has 0 saturated carbocycles. The molecule has 0 aromatic carbocycles. The highest BCUT2D eigenvalue weighted by Crippen LogP contribution is 2.22. The number of rotatable bonds is 5. The lowest BCUT2D eigenvalue weighted by Crippen LogP contribution is -2.28. The van der Waals surface area contributed by atoms with Gasteiger partial charge in [-0.3, -0.25) is 10.1 Å². The molecule has 1 saturated heterocycles. The molecule has 2 rings (SSSR count). The van der Waals surface area contributed by atoms with E-state index in [0.717, 1.165) is 6.20 Å². The van der Waals surface area contributed by atoms with E-state index in [-0.39, 0.29) is 17.5 Å². The summed E-state index contributed by atoms with van der Waals surface area (Å²) in [4.78, 5) is 17.6. The summed E-state index contributed by atoms with van der Waals surface area (Å²) >= 11 is 0. The highest BCUT2D eigenvalue weighted by molar-refractivity contribution is 5.53. The van der Waals surface area contributed by atoms with Crippen LogP contribution in [0.15, 0.2) is 6.20 Å². The van der Waals surface area contributed by atoms with Gasteiger partial charge in [0.2, 0.25) is 11.8 Å². The Labute approximate surface area is 109 Å². The fourth-order valence-corrected chi connectivity index (χ4v) is 1.72. The third kappa shape index (κ3) is 3.26. The summed E-state index contributed by atoms with van der Waals surface area (Å²) in [5.74, 6) is -0.522. The monoisotopic (exact) mass is 269 g/mol. The maximum Gasteiger partial charge on any atom is 0.329 e. The van der Waals surface area contributed by atoms with E-state index in [1.165, 1.54) is 0 Å². The number of nitrogen functional groups attached to an aromatic ring is 1. The summed E-state index contributed by atoms with van der Waals surface area (Å²) < 4.78 is 10.9. The molecule has 0 spiro atoms. The van der Waals surface area contributed by atoms with Crippen molar-refractivity contribution < 1.29 is 14.4 Å². The fourth-order valence-electron chi connectivity index (χ4n) is 1.72. The van der Waals surface area contributed by atoms with Crippen LogP contribution in [0.25, 0.3) is 0 Å². The van der Waals surface area contributed by atoms with Crippen LogP contribution in [0.4, 0.5) is 17.5 Å². The van der Waals surface area contributed by atoms with E-state index in [1.807, 2.05) is 6.92 Å². The number of hydrogen-bond acceptors (Lipinski definition) is 8. The lowest BCUT2D eigenvalue weighted by Gasteiger charge is -2.22. The van der Waals surface area contributed by atoms with Gasteiger partial charge < -0.3 is 20.5 Å². The molecule has 0 bridgehead atoms. The molecule has 0 unspecified atom stereocenters. The molecule has 9 nitrogen and oxygen atoms in total. The molecular weight excluding hydrogens is 254 g/mol. The van der Waals surface area contributed by atoms with Crippen molar-refractivity contribution in [3.63, 3.8) is 0 Å². The number of nitrogens with one attached hydrogen (secondary N) is 1. The maximum absolute atomic E-state index is 10.6. The van der Waals surface area contributed by atoms with Crippen molar-refractivity contribution in [2.24, 2.45) is 0 Å². The van der Waals surface area contributed by atoms with Crippen LogP contribution in [0.5, 0.6) is 0 Å². The van der Waals surface area contributed by atoms with Gasteiger partial charge in [0.1, 0.15) is 6.20 Å². The van der Waals surface area contributed by atoms with Crippen LogP contribution in [0.2, 0.25) is 0 Å². The second-order valence-electron chi connectivity index (χ2n) is 4.23. The standard InChI is InChI=1S/C10H15N5O4/c1-10(18-4-5-19-10)2-3-12-9-13-6-7(15(16)17)8(11)14-9/h6H,2-5H2,1H3,(H3,11,12,13,14). The number of ether oxygens (including phenoxy) is 2. The molecule has 19 heavy (non-hydrogen) atoms. The Morgan fingerprint density at radius 1 is 1.58 bits per heavy atom.